The van der Waals surface area contributed by atoms with Gasteiger partial charge in [-0.05, 0) is 49.7 Å². The fourth-order valence-electron chi connectivity index (χ4n) is 2.68. The van der Waals surface area contributed by atoms with Crippen LogP contribution in [-0.4, -0.2) is 31.3 Å². The number of pyridine rings is 1. The van der Waals surface area contributed by atoms with Gasteiger partial charge in [0.05, 0.1) is 21.4 Å². The fraction of sp³-hybridized carbons (Fsp3) is 0.211. The Morgan fingerprint density at radius 3 is 2.57 bits per heavy atom. The van der Waals surface area contributed by atoms with Gasteiger partial charge < -0.3 is 10.6 Å². The fourth-order valence-corrected chi connectivity index (χ4v) is 3.27. The Labute approximate surface area is 164 Å². The van der Waals surface area contributed by atoms with E-state index in [0.29, 0.717) is 5.82 Å². The largest absolute Gasteiger partial charge is 0.334 e. The molecule has 2 amide bonds. The van der Waals surface area contributed by atoms with E-state index < -0.39 is 22.6 Å². The van der Waals surface area contributed by atoms with E-state index in [1.807, 2.05) is 32.0 Å². The number of carbonyl (C=O) groups excluding carboxylic acids is 1. The van der Waals surface area contributed by atoms with Gasteiger partial charge in [0.2, 0.25) is 0 Å². The van der Waals surface area contributed by atoms with Crippen molar-refractivity contribution in [3.8, 4) is 5.82 Å². The highest BCUT2D eigenvalue weighted by Crippen LogP contribution is 2.17. The Balaban J connectivity index is 1.58. The summed E-state index contributed by atoms with van der Waals surface area (Å²) in [7, 11) is -1.42. The van der Waals surface area contributed by atoms with Crippen LogP contribution in [0.4, 0.5) is 14.9 Å². The molecule has 0 radical (unpaired) electrons. The van der Waals surface area contributed by atoms with Gasteiger partial charge in [0.1, 0.15) is 5.82 Å². The Morgan fingerprint density at radius 1 is 1.21 bits per heavy atom. The van der Waals surface area contributed by atoms with Crippen LogP contribution in [0, 0.1) is 19.7 Å². The third-order valence-electron chi connectivity index (χ3n) is 3.99. The third kappa shape index (κ3) is 4.61. The maximum Gasteiger partial charge on any atom is 0.319 e. The van der Waals surface area contributed by atoms with Gasteiger partial charge in [-0.25, -0.2) is 18.9 Å². The van der Waals surface area contributed by atoms with Gasteiger partial charge in [0, 0.05) is 30.4 Å². The van der Waals surface area contributed by atoms with E-state index in [2.05, 4.69) is 20.7 Å². The second-order valence-electron chi connectivity index (χ2n) is 6.27. The second kappa shape index (κ2) is 8.30. The minimum atomic E-state index is -1.42. The molecular weight excluding hydrogens is 381 g/mol. The van der Waals surface area contributed by atoms with Crippen molar-refractivity contribution in [1.82, 2.24) is 20.1 Å². The summed E-state index contributed by atoms with van der Waals surface area (Å²) in [4.78, 5) is 16.5. The lowest BCUT2D eigenvalue weighted by Crippen LogP contribution is -2.28. The third-order valence-corrected chi connectivity index (χ3v) is 4.94. The van der Waals surface area contributed by atoms with Crippen LogP contribution in [0.3, 0.4) is 0 Å². The average Bonchev–Trinajstić information content (AvgIpc) is 2.98. The number of urea groups is 1. The molecule has 9 heteroatoms. The molecule has 0 fully saturated rings. The summed E-state index contributed by atoms with van der Waals surface area (Å²) in [5, 5.41) is 9.61. The minimum absolute atomic E-state index is 0.0970. The van der Waals surface area contributed by atoms with E-state index in [4.69, 9.17) is 0 Å². The Hall–Kier alpha value is -3.07. The van der Waals surface area contributed by atoms with Crippen LogP contribution in [0.5, 0.6) is 0 Å². The molecule has 0 bridgehead atoms. The van der Waals surface area contributed by atoms with Crippen LogP contribution in [0.1, 0.15) is 17.0 Å². The quantitative estimate of drug-likeness (QED) is 0.688. The number of aromatic nitrogens is 3. The summed E-state index contributed by atoms with van der Waals surface area (Å²) in [6.45, 7) is 4.13. The van der Waals surface area contributed by atoms with Crippen molar-refractivity contribution in [1.29, 1.82) is 0 Å². The number of anilines is 1. The second-order valence-corrected chi connectivity index (χ2v) is 7.62. The summed E-state index contributed by atoms with van der Waals surface area (Å²) in [6, 6.07) is 9.20. The van der Waals surface area contributed by atoms with E-state index in [1.165, 1.54) is 18.4 Å². The first-order chi connectivity index (χ1) is 13.3. The molecule has 0 aliphatic rings. The van der Waals surface area contributed by atoms with Crippen molar-refractivity contribution >= 4 is 22.5 Å². The van der Waals surface area contributed by atoms with Gasteiger partial charge in [-0.15, -0.1) is 0 Å². The molecule has 2 heterocycles. The SMILES string of the molecule is Cc1cc(C)n(-c2ccc(CNC(=O)Nc3ccc([S@@](C)=O)c(F)c3)cn2)n1. The van der Waals surface area contributed by atoms with Gasteiger partial charge in [-0.3, -0.25) is 4.21 Å². The van der Waals surface area contributed by atoms with E-state index >= 15 is 0 Å². The van der Waals surface area contributed by atoms with E-state index in [1.54, 1.807) is 10.9 Å². The van der Waals surface area contributed by atoms with Gasteiger partial charge in [-0.2, -0.15) is 5.10 Å². The molecule has 7 nitrogen and oxygen atoms in total. The number of hydrogen-bond donors (Lipinski definition) is 2. The normalized spacial score (nSPS) is 11.9. The first-order valence-corrected chi connectivity index (χ1v) is 10.1. The predicted molar refractivity (Wildman–Crippen MR) is 105 cm³/mol. The van der Waals surface area contributed by atoms with Crippen molar-refractivity contribution < 1.29 is 13.4 Å². The van der Waals surface area contributed by atoms with E-state index in [0.717, 1.165) is 23.0 Å². The lowest BCUT2D eigenvalue weighted by atomic mass is 10.3. The van der Waals surface area contributed by atoms with Gasteiger partial charge in [-0.1, -0.05) is 6.07 Å². The summed E-state index contributed by atoms with van der Waals surface area (Å²) >= 11 is 0. The summed E-state index contributed by atoms with van der Waals surface area (Å²) in [5.41, 5.74) is 2.99. The first-order valence-electron chi connectivity index (χ1n) is 8.50. The van der Waals surface area contributed by atoms with Crippen LogP contribution >= 0.6 is 0 Å². The molecular formula is C19H20FN5O2S. The Morgan fingerprint density at radius 2 is 2.00 bits per heavy atom. The number of nitrogens with one attached hydrogen (secondary N) is 2. The lowest BCUT2D eigenvalue weighted by molar-refractivity contribution is 0.251. The maximum atomic E-state index is 13.8. The number of benzene rings is 1. The molecule has 0 saturated heterocycles. The van der Waals surface area contributed by atoms with Crippen LogP contribution in [0.15, 0.2) is 47.5 Å². The summed E-state index contributed by atoms with van der Waals surface area (Å²) in [5.74, 6) is 0.0743. The first kappa shape index (κ1) is 19.7. The smallest absolute Gasteiger partial charge is 0.319 e. The van der Waals surface area contributed by atoms with Crippen molar-refractivity contribution in [3.05, 3.63) is 65.4 Å². The van der Waals surface area contributed by atoms with Crippen molar-refractivity contribution in [2.45, 2.75) is 25.3 Å². The lowest BCUT2D eigenvalue weighted by Gasteiger charge is -2.09. The molecule has 0 unspecified atom stereocenters. The molecule has 0 saturated carbocycles. The van der Waals surface area contributed by atoms with Crippen LogP contribution < -0.4 is 10.6 Å². The Kier molecular flexibility index (Phi) is 5.84. The topological polar surface area (TPSA) is 88.9 Å². The molecule has 146 valence electrons. The number of hydrogen-bond acceptors (Lipinski definition) is 4. The molecule has 0 spiro atoms. The van der Waals surface area contributed by atoms with Crippen molar-refractivity contribution in [2.24, 2.45) is 0 Å². The standard InChI is InChI=1S/C19H20FN5O2S/c1-12-8-13(2)25(24-12)18-7-4-14(10-21-18)11-22-19(26)23-15-5-6-17(28(3)27)16(20)9-15/h4-10H,11H2,1-3H3,(H2,22,23,26)/t28-/m1/s1. The summed E-state index contributed by atoms with van der Waals surface area (Å²) in [6.07, 6.45) is 3.06. The molecule has 2 aromatic heterocycles. The number of aryl methyl sites for hydroxylation is 2. The molecule has 2 N–H and O–H groups in total. The van der Waals surface area contributed by atoms with Crippen LogP contribution in [-0.2, 0) is 17.3 Å². The zero-order valence-corrected chi connectivity index (χ0v) is 16.5. The highest BCUT2D eigenvalue weighted by molar-refractivity contribution is 7.84. The van der Waals surface area contributed by atoms with Crippen LogP contribution in [0.2, 0.25) is 0 Å². The molecule has 1 atom stereocenters. The number of amides is 2. The zero-order chi connectivity index (χ0) is 20.3. The summed E-state index contributed by atoms with van der Waals surface area (Å²) < 4.78 is 26.9. The molecule has 0 aliphatic heterocycles. The molecule has 28 heavy (non-hydrogen) atoms. The maximum absolute atomic E-state index is 13.8. The zero-order valence-electron chi connectivity index (χ0n) is 15.7. The average molecular weight is 401 g/mol. The minimum Gasteiger partial charge on any atom is -0.334 e. The highest BCUT2D eigenvalue weighted by Gasteiger charge is 2.09. The van der Waals surface area contributed by atoms with E-state index in [-0.39, 0.29) is 17.1 Å². The van der Waals surface area contributed by atoms with Gasteiger partial charge in [0.25, 0.3) is 0 Å². The molecule has 3 aromatic rings. The number of carbonyl (C=O) groups is 1. The van der Waals surface area contributed by atoms with Crippen molar-refractivity contribution in [3.63, 3.8) is 0 Å². The highest BCUT2D eigenvalue weighted by atomic mass is 32.2. The number of nitrogens with zero attached hydrogens (tertiary/aromatic N) is 3. The number of halogens is 1. The predicted octanol–water partition coefficient (Wildman–Crippen LogP) is 3.08. The number of rotatable bonds is 5. The van der Waals surface area contributed by atoms with E-state index in [9.17, 15) is 13.4 Å². The van der Waals surface area contributed by atoms with Crippen LogP contribution in [0.25, 0.3) is 5.82 Å². The Bertz CT molecular complexity index is 1030. The molecule has 0 aliphatic carbocycles. The van der Waals surface area contributed by atoms with Crippen molar-refractivity contribution in [2.75, 3.05) is 11.6 Å². The monoisotopic (exact) mass is 401 g/mol. The molecule has 1 aromatic carbocycles. The van der Waals surface area contributed by atoms with Gasteiger partial charge in [0.15, 0.2) is 5.82 Å². The molecule has 3 rings (SSSR count). The van der Waals surface area contributed by atoms with Gasteiger partial charge >= 0.3 is 6.03 Å².